The summed E-state index contributed by atoms with van der Waals surface area (Å²) in [7, 11) is 1.50. The average molecular weight is 484 g/mol. The zero-order chi connectivity index (χ0) is 22.9. The molecule has 0 spiro atoms. The Labute approximate surface area is 189 Å². The molecule has 1 aliphatic rings. The van der Waals surface area contributed by atoms with Gasteiger partial charge in [0.2, 0.25) is 11.8 Å². The van der Waals surface area contributed by atoms with Crippen LogP contribution in [0.25, 0.3) is 5.57 Å². The van der Waals surface area contributed by atoms with E-state index in [9.17, 15) is 18.0 Å². The molecule has 0 saturated carbocycles. The van der Waals surface area contributed by atoms with E-state index in [1.165, 1.54) is 24.1 Å². The molecule has 3 aromatic rings. The van der Waals surface area contributed by atoms with Crippen LogP contribution in [-0.2, 0) is 12.7 Å². The monoisotopic (exact) mass is 483 g/mol. The van der Waals surface area contributed by atoms with Crippen LogP contribution in [0.15, 0.2) is 41.5 Å². The molecular formula is C20H17ClF3N5O2S. The lowest BCUT2D eigenvalue weighted by atomic mass is 10.0. The highest BCUT2D eigenvalue weighted by Gasteiger charge is 2.32. The van der Waals surface area contributed by atoms with Gasteiger partial charge in [0.25, 0.3) is 0 Å². The first-order valence-corrected chi connectivity index (χ1v) is 10.7. The zero-order valence-electron chi connectivity index (χ0n) is 16.8. The fraction of sp³-hybridized carbons (Fsp3) is 0.300. The first-order valence-electron chi connectivity index (χ1n) is 9.49. The molecule has 0 aliphatic carbocycles. The second-order valence-corrected chi connectivity index (χ2v) is 8.52. The minimum Gasteiger partial charge on any atom is -0.480 e. The standard InChI is InChI=1S/C20H17ClF3N5O2S/c1-31-17-14(21)3-4-15(26-17)12-6-8-28(9-7-12)18-25-11-29(19(30)27-18)10-13-2-5-16(32-13)20(22,23)24/h2-6,11H,7-10H2,1H3. The topological polar surface area (TPSA) is 73.1 Å². The van der Waals surface area contributed by atoms with Crippen LogP contribution in [0, 0.1) is 0 Å². The average Bonchev–Trinajstić information content (AvgIpc) is 3.25. The van der Waals surface area contributed by atoms with E-state index in [4.69, 9.17) is 16.3 Å². The predicted molar refractivity (Wildman–Crippen MR) is 115 cm³/mol. The molecule has 168 valence electrons. The van der Waals surface area contributed by atoms with Crippen molar-refractivity contribution in [2.75, 3.05) is 25.1 Å². The van der Waals surface area contributed by atoms with E-state index in [0.29, 0.717) is 46.6 Å². The molecule has 0 bridgehead atoms. The van der Waals surface area contributed by atoms with Crippen molar-refractivity contribution in [2.45, 2.75) is 19.1 Å². The Hall–Kier alpha value is -2.92. The SMILES string of the molecule is COc1nc(C2=CCN(c3ncn(Cc4ccc(C(F)(F)F)s4)c(=O)n3)CC2)ccc1Cl. The van der Waals surface area contributed by atoms with Gasteiger partial charge in [-0.3, -0.25) is 4.57 Å². The summed E-state index contributed by atoms with van der Waals surface area (Å²) in [5.41, 5.74) is 1.20. The molecule has 0 aromatic carbocycles. The summed E-state index contributed by atoms with van der Waals surface area (Å²) < 4.78 is 44.6. The van der Waals surface area contributed by atoms with Crippen LogP contribution in [0.4, 0.5) is 19.1 Å². The van der Waals surface area contributed by atoms with E-state index in [0.717, 1.165) is 17.3 Å². The van der Waals surface area contributed by atoms with Crippen LogP contribution < -0.4 is 15.3 Å². The number of aromatic nitrogens is 4. The van der Waals surface area contributed by atoms with Gasteiger partial charge in [-0.25, -0.2) is 14.8 Å². The molecule has 4 heterocycles. The smallest absolute Gasteiger partial charge is 0.425 e. The number of nitrogens with zero attached hydrogens (tertiary/aromatic N) is 5. The van der Waals surface area contributed by atoms with Gasteiger partial charge in [0.05, 0.1) is 19.3 Å². The van der Waals surface area contributed by atoms with Crippen LogP contribution in [0.5, 0.6) is 5.88 Å². The Morgan fingerprint density at radius 2 is 2.03 bits per heavy atom. The predicted octanol–water partition coefficient (Wildman–Crippen LogP) is 4.12. The summed E-state index contributed by atoms with van der Waals surface area (Å²) in [6.45, 7) is 1.03. The lowest BCUT2D eigenvalue weighted by Gasteiger charge is -2.26. The summed E-state index contributed by atoms with van der Waals surface area (Å²) in [4.78, 5) is 26.6. The first-order chi connectivity index (χ1) is 15.2. The Bertz CT molecular complexity index is 1220. The molecule has 12 heteroatoms. The van der Waals surface area contributed by atoms with Gasteiger partial charge in [0.15, 0.2) is 0 Å². The number of alkyl halides is 3. The number of halogens is 4. The van der Waals surface area contributed by atoms with Crippen molar-refractivity contribution in [3.8, 4) is 5.88 Å². The van der Waals surface area contributed by atoms with Crippen molar-refractivity contribution < 1.29 is 17.9 Å². The van der Waals surface area contributed by atoms with Gasteiger partial charge in [0, 0.05) is 18.0 Å². The number of methoxy groups -OCH3 is 1. The Morgan fingerprint density at radius 3 is 2.66 bits per heavy atom. The summed E-state index contributed by atoms with van der Waals surface area (Å²) in [6, 6.07) is 5.90. The minimum absolute atomic E-state index is 0.0199. The Morgan fingerprint density at radius 1 is 1.22 bits per heavy atom. The second kappa shape index (κ2) is 8.91. The first kappa shape index (κ1) is 22.3. The van der Waals surface area contributed by atoms with Gasteiger partial charge in [0.1, 0.15) is 16.2 Å². The third kappa shape index (κ3) is 4.78. The van der Waals surface area contributed by atoms with Crippen molar-refractivity contribution in [1.29, 1.82) is 0 Å². The molecule has 0 radical (unpaired) electrons. The Balaban J connectivity index is 1.46. The lowest BCUT2D eigenvalue weighted by Crippen LogP contribution is -2.34. The minimum atomic E-state index is -4.40. The number of anilines is 1. The second-order valence-electron chi connectivity index (χ2n) is 6.94. The molecule has 1 aliphatic heterocycles. The van der Waals surface area contributed by atoms with E-state index in [2.05, 4.69) is 15.0 Å². The van der Waals surface area contributed by atoms with E-state index in [1.807, 2.05) is 17.0 Å². The van der Waals surface area contributed by atoms with Crippen LogP contribution in [0.2, 0.25) is 5.02 Å². The third-order valence-corrected chi connectivity index (χ3v) is 6.25. The number of hydrogen-bond donors (Lipinski definition) is 0. The van der Waals surface area contributed by atoms with E-state index in [1.54, 1.807) is 6.07 Å². The molecule has 3 aromatic heterocycles. The third-order valence-electron chi connectivity index (χ3n) is 4.85. The van der Waals surface area contributed by atoms with E-state index >= 15 is 0 Å². The van der Waals surface area contributed by atoms with Crippen LogP contribution in [-0.4, -0.2) is 39.7 Å². The van der Waals surface area contributed by atoms with Crippen LogP contribution in [0.3, 0.4) is 0 Å². The number of rotatable bonds is 5. The molecule has 0 N–H and O–H groups in total. The maximum absolute atomic E-state index is 12.8. The van der Waals surface area contributed by atoms with E-state index < -0.39 is 16.7 Å². The number of thiophene rings is 1. The van der Waals surface area contributed by atoms with Crippen LogP contribution in [0.1, 0.15) is 21.9 Å². The van der Waals surface area contributed by atoms with Gasteiger partial charge in [-0.1, -0.05) is 17.7 Å². The fourth-order valence-corrected chi connectivity index (χ4v) is 4.28. The number of hydrogen-bond acceptors (Lipinski definition) is 7. The molecule has 7 nitrogen and oxygen atoms in total. The van der Waals surface area contributed by atoms with Crippen molar-refractivity contribution in [1.82, 2.24) is 19.5 Å². The number of ether oxygens (including phenoxy) is 1. The van der Waals surface area contributed by atoms with E-state index in [-0.39, 0.29) is 12.5 Å². The maximum atomic E-state index is 12.8. The molecule has 32 heavy (non-hydrogen) atoms. The maximum Gasteiger partial charge on any atom is 0.425 e. The van der Waals surface area contributed by atoms with Crippen molar-refractivity contribution in [2.24, 2.45) is 0 Å². The zero-order valence-corrected chi connectivity index (χ0v) is 18.3. The molecule has 0 fully saturated rings. The summed E-state index contributed by atoms with van der Waals surface area (Å²) >= 11 is 6.62. The quantitative estimate of drug-likeness (QED) is 0.543. The van der Waals surface area contributed by atoms with Gasteiger partial charge in [-0.15, -0.1) is 11.3 Å². The van der Waals surface area contributed by atoms with Crippen molar-refractivity contribution >= 4 is 34.5 Å². The summed E-state index contributed by atoms with van der Waals surface area (Å²) in [6.07, 6.45) is -0.470. The van der Waals surface area contributed by atoms with Gasteiger partial charge in [-0.05, 0) is 36.3 Å². The molecular weight excluding hydrogens is 467 g/mol. The molecule has 0 saturated heterocycles. The summed E-state index contributed by atoms with van der Waals surface area (Å²) in [5, 5.41) is 0.431. The van der Waals surface area contributed by atoms with Crippen molar-refractivity contribution in [3.63, 3.8) is 0 Å². The fourth-order valence-electron chi connectivity index (χ4n) is 3.22. The van der Waals surface area contributed by atoms with Gasteiger partial charge in [-0.2, -0.15) is 18.2 Å². The molecule has 4 rings (SSSR count). The highest BCUT2D eigenvalue weighted by Crippen LogP contribution is 2.34. The normalized spacial score (nSPS) is 14.4. The highest BCUT2D eigenvalue weighted by atomic mass is 35.5. The Kier molecular flexibility index (Phi) is 6.20. The number of pyridine rings is 1. The summed E-state index contributed by atoms with van der Waals surface area (Å²) in [5.74, 6) is 0.623. The van der Waals surface area contributed by atoms with Crippen molar-refractivity contribution in [3.05, 3.63) is 67.6 Å². The molecule has 0 amide bonds. The van der Waals surface area contributed by atoms with Gasteiger partial charge < -0.3 is 9.64 Å². The largest absolute Gasteiger partial charge is 0.480 e. The highest BCUT2D eigenvalue weighted by molar-refractivity contribution is 7.12. The lowest BCUT2D eigenvalue weighted by molar-refractivity contribution is -0.134. The van der Waals surface area contributed by atoms with Crippen LogP contribution >= 0.6 is 22.9 Å². The van der Waals surface area contributed by atoms with Gasteiger partial charge >= 0.3 is 11.9 Å². The molecule has 0 unspecified atom stereocenters. The molecule has 0 atom stereocenters.